The second-order valence-electron chi connectivity index (χ2n) is 6.33. The maximum atomic E-state index is 3.63. The highest BCUT2D eigenvalue weighted by Gasteiger charge is 2.12. The highest BCUT2D eigenvalue weighted by Crippen LogP contribution is 2.40. The van der Waals surface area contributed by atoms with Gasteiger partial charge >= 0.3 is 0 Å². The van der Waals surface area contributed by atoms with Crippen LogP contribution in [0, 0.1) is 0 Å². The molecule has 0 radical (unpaired) electrons. The number of hydrogen-bond acceptors (Lipinski definition) is 0. The van der Waals surface area contributed by atoms with Crippen molar-refractivity contribution in [2.75, 3.05) is 0 Å². The molecule has 0 N–H and O–H groups in total. The first-order valence-corrected chi connectivity index (χ1v) is 9.20. The van der Waals surface area contributed by atoms with Crippen LogP contribution in [0.4, 0.5) is 0 Å². The van der Waals surface area contributed by atoms with Crippen molar-refractivity contribution in [3.05, 3.63) is 95.5 Å². The summed E-state index contributed by atoms with van der Waals surface area (Å²) in [7, 11) is 0. The molecule has 5 rings (SSSR count). The van der Waals surface area contributed by atoms with Crippen molar-refractivity contribution in [1.82, 2.24) is 0 Å². The quantitative estimate of drug-likeness (QED) is 0.262. The number of halogens is 1. The fourth-order valence-electron chi connectivity index (χ4n) is 3.84. The Morgan fingerprint density at radius 2 is 1.12 bits per heavy atom. The molecule has 25 heavy (non-hydrogen) atoms. The van der Waals surface area contributed by atoms with Crippen LogP contribution in [0.1, 0.15) is 0 Å². The molecular weight excluding hydrogens is 368 g/mol. The molecule has 0 atom stereocenters. The Kier molecular flexibility index (Phi) is 3.36. The lowest BCUT2D eigenvalue weighted by Gasteiger charge is -2.14. The number of rotatable bonds is 1. The normalized spacial score (nSPS) is 11.4. The summed E-state index contributed by atoms with van der Waals surface area (Å²) >= 11 is 3.63. The minimum absolute atomic E-state index is 1.11. The van der Waals surface area contributed by atoms with E-state index in [1.807, 2.05) is 0 Å². The molecule has 5 aromatic rings. The van der Waals surface area contributed by atoms with E-state index in [-0.39, 0.29) is 0 Å². The van der Waals surface area contributed by atoms with Gasteiger partial charge in [-0.3, -0.25) is 0 Å². The van der Waals surface area contributed by atoms with Gasteiger partial charge in [-0.1, -0.05) is 94.8 Å². The number of hydrogen-bond donors (Lipinski definition) is 0. The van der Waals surface area contributed by atoms with Crippen LogP contribution in [-0.2, 0) is 0 Å². The van der Waals surface area contributed by atoms with Crippen LogP contribution in [0.5, 0.6) is 0 Å². The molecule has 0 fully saturated rings. The van der Waals surface area contributed by atoms with Gasteiger partial charge in [0.2, 0.25) is 0 Å². The predicted octanol–water partition coefficient (Wildman–Crippen LogP) is 7.58. The lowest BCUT2D eigenvalue weighted by Crippen LogP contribution is -1.87. The molecule has 0 heterocycles. The van der Waals surface area contributed by atoms with E-state index in [1.165, 1.54) is 43.4 Å². The SMILES string of the molecule is Brc1ccc2c(c1)c1ccccc1c1c(-c3ccccc3)cccc21. The second kappa shape index (κ2) is 5.72. The van der Waals surface area contributed by atoms with E-state index in [1.54, 1.807) is 0 Å². The molecule has 0 saturated carbocycles. The lowest BCUT2D eigenvalue weighted by atomic mass is 9.89. The monoisotopic (exact) mass is 382 g/mol. The molecule has 0 amide bonds. The van der Waals surface area contributed by atoms with Crippen molar-refractivity contribution >= 4 is 48.2 Å². The summed E-state index contributed by atoms with van der Waals surface area (Å²) in [4.78, 5) is 0. The highest BCUT2D eigenvalue weighted by atomic mass is 79.9. The van der Waals surface area contributed by atoms with Gasteiger partial charge in [-0.15, -0.1) is 0 Å². The van der Waals surface area contributed by atoms with Crippen LogP contribution in [0.2, 0.25) is 0 Å². The Morgan fingerprint density at radius 3 is 1.92 bits per heavy atom. The lowest BCUT2D eigenvalue weighted by molar-refractivity contribution is 1.66. The van der Waals surface area contributed by atoms with E-state index in [9.17, 15) is 0 Å². The Balaban J connectivity index is 2.07. The van der Waals surface area contributed by atoms with Crippen LogP contribution >= 0.6 is 15.9 Å². The predicted molar refractivity (Wildman–Crippen MR) is 112 cm³/mol. The Bertz CT molecular complexity index is 1210. The third-order valence-electron chi connectivity index (χ3n) is 4.91. The van der Waals surface area contributed by atoms with Crippen LogP contribution < -0.4 is 0 Å². The van der Waals surface area contributed by atoms with E-state index in [4.69, 9.17) is 0 Å². The smallest absolute Gasteiger partial charge is 0.0181 e. The molecule has 5 aromatic carbocycles. The van der Waals surface area contributed by atoms with Crippen molar-refractivity contribution in [2.45, 2.75) is 0 Å². The molecule has 0 aliphatic heterocycles. The summed E-state index contributed by atoms with van der Waals surface area (Å²) in [6, 6.07) is 32.6. The van der Waals surface area contributed by atoms with Crippen molar-refractivity contribution in [3.8, 4) is 11.1 Å². The zero-order chi connectivity index (χ0) is 16.8. The molecule has 0 unspecified atom stereocenters. The summed E-state index contributed by atoms with van der Waals surface area (Å²) in [5.41, 5.74) is 2.55. The highest BCUT2D eigenvalue weighted by molar-refractivity contribution is 9.10. The molecule has 0 nitrogen and oxygen atoms in total. The number of fused-ring (bicyclic) bond motifs is 6. The average molecular weight is 383 g/mol. The fourth-order valence-corrected chi connectivity index (χ4v) is 4.20. The summed E-state index contributed by atoms with van der Waals surface area (Å²) < 4.78 is 1.11. The molecule has 0 bridgehead atoms. The summed E-state index contributed by atoms with van der Waals surface area (Å²) in [6.45, 7) is 0. The standard InChI is InChI=1S/C24H15Br/c25-17-13-14-20-22-12-6-11-18(16-7-2-1-3-8-16)24(22)21-10-5-4-9-19(21)23(20)15-17/h1-15H. The maximum absolute atomic E-state index is 3.63. The first-order valence-electron chi connectivity index (χ1n) is 8.41. The number of benzene rings is 5. The van der Waals surface area contributed by atoms with Gasteiger partial charge in [0, 0.05) is 4.47 Å². The second-order valence-corrected chi connectivity index (χ2v) is 7.25. The van der Waals surface area contributed by atoms with Crippen LogP contribution in [0.15, 0.2) is 95.5 Å². The molecule has 0 aliphatic rings. The Morgan fingerprint density at radius 1 is 0.480 bits per heavy atom. The zero-order valence-electron chi connectivity index (χ0n) is 13.5. The van der Waals surface area contributed by atoms with Gasteiger partial charge in [-0.2, -0.15) is 0 Å². The summed E-state index contributed by atoms with van der Waals surface area (Å²) in [5.74, 6) is 0. The van der Waals surface area contributed by atoms with Crippen LogP contribution in [0.3, 0.4) is 0 Å². The van der Waals surface area contributed by atoms with E-state index in [0.29, 0.717) is 0 Å². The van der Waals surface area contributed by atoms with E-state index in [2.05, 4.69) is 107 Å². The molecule has 0 spiro atoms. The summed E-state index contributed by atoms with van der Waals surface area (Å²) in [6.07, 6.45) is 0. The Labute approximate surface area is 154 Å². The molecule has 118 valence electrons. The fraction of sp³-hybridized carbons (Fsp3) is 0. The molecule has 1 heteroatoms. The summed E-state index contributed by atoms with van der Waals surface area (Å²) in [5, 5.41) is 7.84. The van der Waals surface area contributed by atoms with Crippen molar-refractivity contribution < 1.29 is 0 Å². The molecule has 0 aliphatic carbocycles. The van der Waals surface area contributed by atoms with Gasteiger partial charge in [0.1, 0.15) is 0 Å². The van der Waals surface area contributed by atoms with Gasteiger partial charge in [0.05, 0.1) is 0 Å². The van der Waals surface area contributed by atoms with Gasteiger partial charge in [-0.25, -0.2) is 0 Å². The van der Waals surface area contributed by atoms with Gasteiger partial charge in [-0.05, 0) is 55.6 Å². The first kappa shape index (κ1) is 14.7. The van der Waals surface area contributed by atoms with Gasteiger partial charge in [0.15, 0.2) is 0 Å². The zero-order valence-corrected chi connectivity index (χ0v) is 15.1. The van der Waals surface area contributed by atoms with E-state index >= 15 is 0 Å². The topological polar surface area (TPSA) is 0 Å². The minimum Gasteiger partial charge on any atom is -0.0622 e. The van der Waals surface area contributed by atoms with Gasteiger partial charge in [0.25, 0.3) is 0 Å². The third-order valence-corrected chi connectivity index (χ3v) is 5.40. The van der Waals surface area contributed by atoms with Crippen LogP contribution in [-0.4, -0.2) is 0 Å². The Hall–Kier alpha value is -2.64. The van der Waals surface area contributed by atoms with Crippen LogP contribution in [0.25, 0.3) is 43.4 Å². The third kappa shape index (κ3) is 2.27. The molecule has 0 aromatic heterocycles. The maximum Gasteiger partial charge on any atom is 0.0181 e. The van der Waals surface area contributed by atoms with Crippen molar-refractivity contribution in [3.63, 3.8) is 0 Å². The van der Waals surface area contributed by atoms with E-state index < -0.39 is 0 Å². The molecular formula is C24H15Br. The largest absolute Gasteiger partial charge is 0.0622 e. The van der Waals surface area contributed by atoms with Crippen molar-refractivity contribution in [1.29, 1.82) is 0 Å². The minimum atomic E-state index is 1.11. The first-order chi connectivity index (χ1) is 12.3. The van der Waals surface area contributed by atoms with Crippen molar-refractivity contribution in [2.24, 2.45) is 0 Å². The molecule has 0 saturated heterocycles. The van der Waals surface area contributed by atoms with Gasteiger partial charge < -0.3 is 0 Å². The van der Waals surface area contributed by atoms with E-state index in [0.717, 1.165) is 4.47 Å². The average Bonchev–Trinajstić information content (AvgIpc) is 2.68.